The molecular weight excluding hydrogens is 334 g/mol. The first-order valence-corrected chi connectivity index (χ1v) is 11.2. The molecule has 0 unspecified atom stereocenters. The third-order valence-corrected chi connectivity index (χ3v) is 5.71. The van der Waals surface area contributed by atoms with E-state index in [1.165, 1.54) is 69.8 Å². The van der Waals surface area contributed by atoms with E-state index in [1.54, 1.807) is 0 Å². The smallest absolute Gasteiger partial charge is 0.295 e. The van der Waals surface area contributed by atoms with Crippen LogP contribution in [0.25, 0.3) is 11.1 Å². The first-order valence-electron chi connectivity index (χ1n) is 11.2. The second-order valence-corrected chi connectivity index (χ2v) is 8.14. The Balaban J connectivity index is 1.39. The predicted molar refractivity (Wildman–Crippen MR) is 114 cm³/mol. The molecule has 2 heterocycles. The average Bonchev–Trinajstić information content (AvgIpc) is 3.11. The second-order valence-electron chi connectivity index (χ2n) is 8.14. The monoisotopic (exact) mass is 371 g/mol. The van der Waals surface area contributed by atoms with E-state index in [-0.39, 0.29) is 0 Å². The Morgan fingerprint density at radius 2 is 1.93 bits per heavy atom. The van der Waals surface area contributed by atoms with Gasteiger partial charge in [0.05, 0.1) is 0 Å². The van der Waals surface area contributed by atoms with Crippen molar-refractivity contribution in [3.05, 3.63) is 23.8 Å². The summed E-state index contributed by atoms with van der Waals surface area (Å²) in [5.74, 6) is 0.672. The number of nitrogens with zero attached hydrogens (tertiary/aromatic N) is 1. The van der Waals surface area contributed by atoms with Crippen LogP contribution in [0.5, 0.6) is 0 Å². The van der Waals surface area contributed by atoms with Crippen LogP contribution in [0.3, 0.4) is 0 Å². The summed E-state index contributed by atoms with van der Waals surface area (Å²) in [5.41, 5.74) is 3.25. The SMILES string of the molecule is CCCCCCCCCCc1ccc2oc(NC[C@H]3CCCNC3)nc2c1. The molecule has 2 aromatic rings. The Hall–Kier alpha value is -1.55. The highest BCUT2D eigenvalue weighted by atomic mass is 16.4. The maximum Gasteiger partial charge on any atom is 0.295 e. The van der Waals surface area contributed by atoms with Crippen molar-refractivity contribution in [2.24, 2.45) is 5.92 Å². The molecule has 0 amide bonds. The summed E-state index contributed by atoms with van der Waals surface area (Å²) in [4.78, 5) is 4.65. The minimum atomic E-state index is 0.666. The van der Waals surface area contributed by atoms with Gasteiger partial charge in [0.1, 0.15) is 5.52 Å². The number of rotatable bonds is 12. The van der Waals surface area contributed by atoms with E-state index < -0.39 is 0 Å². The van der Waals surface area contributed by atoms with Crippen molar-refractivity contribution in [3.8, 4) is 0 Å². The summed E-state index contributed by atoms with van der Waals surface area (Å²) in [6.45, 7) is 5.46. The molecule has 0 spiro atoms. The van der Waals surface area contributed by atoms with Crippen LogP contribution in [0.1, 0.15) is 76.7 Å². The zero-order valence-electron chi connectivity index (χ0n) is 17.1. The topological polar surface area (TPSA) is 50.1 Å². The van der Waals surface area contributed by atoms with Crippen LogP contribution in [0.4, 0.5) is 6.01 Å². The highest BCUT2D eigenvalue weighted by molar-refractivity contribution is 5.75. The molecule has 27 heavy (non-hydrogen) atoms. The maximum absolute atomic E-state index is 5.86. The molecule has 0 radical (unpaired) electrons. The second kappa shape index (κ2) is 11.3. The Morgan fingerprint density at radius 1 is 1.11 bits per heavy atom. The molecular formula is C23H37N3O. The number of aryl methyl sites for hydroxylation is 1. The lowest BCUT2D eigenvalue weighted by Gasteiger charge is -2.22. The van der Waals surface area contributed by atoms with Crippen molar-refractivity contribution in [2.45, 2.75) is 77.6 Å². The summed E-state index contributed by atoms with van der Waals surface area (Å²) < 4.78 is 5.86. The fourth-order valence-electron chi connectivity index (χ4n) is 4.00. The van der Waals surface area contributed by atoms with E-state index in [4.69, 9.17) is 4.42 Å². The number of fused-ring (bicyclic) bond motifs is 1. The lowest BCUT2D eigenvalue weighted by atomic mass is 10.00. The van der Waals surface area contributed by atoms with Crippen LogP contribution >= 0.6 is 0 Å². The zero-order valence-corrected chi connectivity index (χ0v) is 17.1. The van der Waals surface area contributed by atoms with Gasteiger partial charge in [0.25, 0.3) is 6.01 Å². The fraction of sp³-hybridized carbons (Fsp3) is 0.696. The Morgan fingerprint density at radius 3 is 2.70 bits per heavy atom. The van der Waals surface area contributed by atoms with E-state index in [9.17, 15) is 0 Å². The molecule has 0 bridgehead atoms. The van der Waals surface area contributed by atoms with Gasteiger partial charge in [-0.15, -0.1) is 0 Å². The van der Waals surface area contributed by atoms with Crippen LogP contribution in [0.15, 0.2) is 22.6 Å². The lowest BCUT2D eigenvalue weighted by molar-refractivity contribution is 0.390. The number of benzene rings is 1. The van der Waals surface area contributed by atoms with Crippen LogP contribution in [0.2, 0.25) is 0 Å². The van der Waals surface area contributed by atoms with E-state index in [0.29, 0.717) is 11.9 Å². The number of aromatic nitrogens is 1. The third-order valence-electron chi connectivity index (χ3n) is 5.71. The molecule has 150 valence electrons. The molecule has 0 saturated carbocycles. The summed E-state index contributed by atoms with van der Waals surface area (Å²) in [6, 6.07) is 7.15. The van der Waals surface area contributed by atoms with Crippen molar-refractivity contribution in [1.29, 1.82) is 0 Å². The Bertz CT molecular complexity index is 661. The number of anilines is 1. The number of nitrogens with one attached hydrogen (secondary N) is 2. The number of hydrogen-bond donors (Lipinski definition) is 2. The molecule has 1 aromatic carbocycles. The van der Waals surface area contributed by atoms with Gasteiger partial charge in [-0.3, -0.25) is 0 Å². The van der Waals surface area contributed by atoms with Crippen molar-refractivity contribution in [3.63, 3.8) is 0 Å². The fourth-order valence-corrected chi connectivity index (χ4v) is 4.00. The molecule has 3 rings (SSSR count). The van der Waals surface area contributed by atoms with Gasteiger partial charge in [-0.1, -0.05) is 57.9 Å². The van der Waals surface area contributed by atoms with Gasteiger partial charge < -0.3 is 15.1 Å². The largest absolute Gasteiger partial charge is 0.424 e. The molecule has 0 aliphatic carbocycles. The van der Waals surface area contributed by atoms with Crippen LogP contribution in [-0.4, -0.2) is 24.6 Å². The summed E-state index contributed by atoms with van der Waals surface area (Å²) in [6.07, 6.45) is 14.6. The third kappa shape index (κ3) is 6.84. The van der Waals surface area contributed by atoms with Crippen molar-refractivity contribution >= 4 is 17.1 Å². The van der Waals surface area contributed by atoms with E-state index in [0.717, 1.165) is 37.2 Å². The van der Waals surface area contributed by atoms with E-state index >= 15 is 0 Å². The molecule has 2 N–H and O–H groups in total. The highest BCUT2D eigenvalue weighted by Gasteiger charge is 2.14. The van der Waals surface area contributed by atoms with Gasteiger partial charge in [-0.2, -0.15) is 4.98 Å². The molecule has 1 atom stereocenters. The maximum atomic E-state index is 5.86. The quantitative estimate of drug-likeness (QED) is 0.455. The number of unbranched alkanes of at least 4 members (excludes halogenated alkanes) is 7. The standard InChI is InChI=1S/C23H37N3O/c1-2-3-4-5-6-7-8-9-11-19-13-14-22-21(16-19)26-23(27-22)25-18-20-12-10-15-24-17-20/h13-14,16,20,24H,2-12,15,17-18H2,1H3,(H,25,26)/t20-/m0/s1. The molecule has 1 fully saturated rings. The Labute approximate surface area is 164 Å². The van der Waals surface area contributed by atoms with Gasteiger partial charge in [-0.25, -0.2) is 0 Å². The molecule has 4 nitrogen and oxygen atoms in total. The molecule has 1 aromatic heterocycles. The first kappa shape index (κ1) is 20.2. The molecule has 1 saturated heterocycles. The molecule has 1 aliphatic heterocycles. The molecule has 1 aliphatic rings. The van der Waals surface area contributed by atoms with E-state index in [1.807, 2.05) is 0 Å². The van der Waals surface area contributed by atoms with Crippen molar-refractivity contribution in [2.75, 3.05) is 25.0 Å². The van der Waals surface area contributed by atoms with Gasteiger partial charge in [0.2, 0.25) is 0 Å². The van der Waals surface area contributed by atoms with Crippen molar-refractivity contribution < 1.29 is 4.42 Å². The van der Waals surface area contributed by atoms with Gasteiger partial charge in [0, 0.05) is 6.54 Å². The minimum absolute atomic E-state index is 0.666. The molecule has 4 heteroatoms. The van der Waals surface area contributed by atoms with Crippen LogP contribution < -0.4 is 10.6 Å². The highest BCUT2D eigenvalue weighted by Crippen LogP contribution is 2.22. The summed E-state index contributed by atoms with van der Waals surface area (Å²) in [7, 11) is 0. The first-order chi connectivity index (χ1) is 13.3. The number of hydrogen-bond acceptors (Lipinski definition) is 4. The number of piperidine rings is 1. The summed E-state index contributed by atoms with van der Waals surface area (Å²) >= 11 is 0. The van der Waals surface area contributed by atoms with E-state index in [2.05, 4.69) is 40.7 Å². The normalized spacial score (nSPS) is 17.4. The predicted octanol–water partition coefficient (Wildman–Crippen LogP) is 5.92. The van der Waals surface area contributed by atoms with Crippen LogP contribution in [-0.2, 0) is 6.42 Å². The lowest BCUT2D eigenvalue weighted by Crippen LogP contribution is -2.33. The van der Waals surface area contributed by atoms with Crippen molar-refractivity contribution in [1.82, 2.24) is 10.3 Å². The van der Waals surface area contributed by atoms with Gasteiger partial charge in [-0.05, 0) is 62.4 Å². The zero-order chi connectivity index (χ0) is 18.7. The number of oxazole rings is 1. The van der Waals surface area contributed by atoms with Crippen LogP contribution in [0, 0.1) is 5.92 Å². The van der Waals surface area contributed by atoms with Gasteiger partial charge >= 0.3 is 0 Å². The Kier molecular flexibility index (Phi) is 8.47. The average molecular weight is 372 g/mol. The van der Waals surface area contributed by atoms with Gasteiger partial charge in [0.15, 0.2) is 5.58 Å². The summed E-state index contributed by atoms with van der Waals surface area (Å²) in [5, 5.41) is 6.84. The minimum Gasteiger partial charge on any atom is -0.424 e.